The SMILES string of the molecule is O=C(NC1CCCC1)[C@@H](c1ccc(Cl)cc1)N(C(=O)c1ccco1)c1ccc2c(c1)CCC2. The molecule has 0 radical (unpaired) electrons. The molecule has 2 amide bonds. The van der Waals surface area contributed by atoms with Crippen molar-refractivity contribution in [2.75, 3.05) is 4.90 Å². The minimum Gasteiger partial charge on any atom is -0.459 e. The van der Waals surface area contributed by atoms with Crippen molar-refractivity contribution in [2.24, 2.45) is 0 Å². The summed E-state index contributed by atoms with van der Waals surface area (Å²) < 4.78 is 5.46. The number of furan rings is 1. The van der Waals surface area contributed by atoms with E-state index < -0.39 is 6.04 Å². The number of rotatable bonds is 6. The third-order valence-electron chi connectivity index (χ3n) is 6.70. The number of fused-ring (bicyclic) bond motifs is 1. The molecule has 0 spiro atoms. The van der Waals surface area contributed by atoms with Crippen molar-refractivity contribution in [3.8, 4) is 0 Å². The van der Waals surface area contributed by atoms with Crippen molar-refractivity contribution in [2.45, 2.75) is 57.0 Å². The maximum Gasteiger partial charge on any atom is 0.294 e. The van der Waals surface area contributed by atoms with E-state index in [4.69, 9.17) is 16.0 Å². The van der Waals surface area contributed by atoms with Gasteiger partial charge in [0.05, 0.1) is 6.26 Å². The summed E-state index contributed by atoms with van der Waals surface area (Å²) in [6.07, 6.45) is 8.75. The fraction of sp³-hybridized carbons (Fsp3) is 0.333. The number of aryl methyl sites for hydroxylation is 2. The first-order chi connectivity index (χ1) is 16.1. The fourth-order valence-corrected chi connectivity index (χ4v) is 5.15. The Bertz CT molecular complexity index is 1130. The van der Waals surface area contributed by atoms with E-state index in [0.29, 0.717) is 16.3 Å². The van der Waals surface area contributed by atoms with Crippen molar-refractivity contribution < 1.29 is 14.0 Å². The van der Waals surface area contributed by atoms with Crippen LogP contribution in [0.1, 0.15) is 65.4 Å². The molecule has 1 saturated carbocycles. The second-order valence-electron chi connectivity index (χ2n) is 8.90. The lowest BCUT2D eigenvalue weighted by molar-refractivity contribution is -0.123. The highest BCUT2D eigenvalue weighted by molar-refractivity contribution is 6.30. The average Bonchev–Trinajstić information content (AvgIpc) is 3.60. The normalized spacial score (nSPS) is 16.4. The summed E-state index contributed by atoms with van der Waals surface area (Å²) >= 11 is 6.14. The third-order valence-corrected chi connectivity index (χ3v) is 6.96. The van der Waals surface area contributed by atoms with Gasteiger partial charge in [-0.15, -0.1) is 0 Å². The number of benzene rings is 2. The van der Waals surface area contributed by atoms with Crippen LogP contribution in [0.2, 0.25) is 5.02 Å². The molecule has 5 rings (SSSR count). The van der Waals surface area contributed by atoms with Crippen LogP contribution >= 0.6 is 11.6 Å². The maximum atomic E-state index is 13.8. The predicted molar refractivity (Wildman–Crippen MR) is 129 cm³/mol. The number of hydrogen-bond donors (Lipinski definition) is 1. The molecule has 6 heteroatoms. The van der Waals surface area contributed by atoms with Crippen LogP contribution in [0.5, 0.6) is 0 Å². The van der Waals surface area contributed by atoms with Gasteiger partial charge in [0, 0.05) is 16.8 Å². The van der Waals surface area contributed by atoms with Crippen LogP contribution in [0.25, 0.3) is 0 Å². The molecule has 5 nitrogen and oxygen atoms in total. The van der Waals surface area contributed by atoms with Crippen molar-refractivity contribution in [3.05, 3.63) is 88.3 Å². The summed E-state index contributed by atoms with van der Waals surface area (Å²) in [5, 5.41) is 3.78. The standard InChI is InChI=1S/C27H27ClN2O3/c28-21-13-10-19(11-14-21)25(26(31)29-22-7-1-2-8-22)30(27(32)24-9-4-16-33-24)23-15-12-18-5-3-6-20(18)17-23/h4,9-17,22,25H,1-3,5-8H2,(H,29,31)/t25-/m1/s1. The first-order valence-corrected chi connectivity index (χ1v) is 12.0. The molecule has 1 atom stereocenters. The zero-order valence-corrected chi connectivity index (χ0v) is 19.2. The van der Waals surface area contributed by atoms with Crippen LogP contribution in [-0.2, 0) is 17.6 Å². The molecular weight excluding hydrogens is 436 g/mol. The molecule has 3 aromatic rings. The highest BCUT2D eigenvalue weighted by atomic mass is 35.5. The number of nitrogens with one attached hydrogen (secondary N) is 1. The number of nitrogens with zero attached hydrogens (tertiary/aromatic N) is 1. The zero-order valence-electron chi connectivity index (χ0n) is 18.4. The molecular formula is C27H27ClN2O3. The van der Waals surface area contributed by atoms with E-state index in [-0.39, 0.29) is 23.6 Å². The summed E-state index contributed by atoms with van der Waals surface area (Å²) in [5.41, 5.74) is 3.94. The van der Waals surface area contributed by atoms with Crippen LogP contribution in [0, 0.1) is 0 Å². The number of hydrogen-bond acceptors (Lipinski definition) is 3. The van der Waals surface area contributed by atoms with E-state index in [9.17, 15) is 9.59 Å². The Morgan fingerprint density at radius 3 is 2.45 bits per heavy atom. The van der Waals surface area contributed by atoms with Gasteiger partial charge < -0.3 is 9.73 Å². The van der Waals surface area contributed by atoms with Gasteiger partial charge in [0.1, 0.15) is 6.04 Å². The van der Waals surface area contributed by atoms with E-state index in [1.54, 1.807) is 29.2 Å². The summed E-state index contributed by atoms with van der Waals surface area (Å²) in [6.45, 7) is 0. The van der Waals surface area contributed by atoms with Gasteiger partial charge in [-0.1, -0.05) is 42.6 Å². The fourth-order valence-electron chi connectivity index (χ4n) is 5.02. The Kier molecular flexibility index (Phi) is 6.23. The molecule has 0 bridgehead atoms. The molecule has 2 aliphatic rings. The van der Waals surface area contributed by atoms with Gasteiger partial charge in [0.15, 0.2) is 5.76 Å². The van der Waals surface area contributed by atoms with Crippen molar-refractivity contribution in [3.63, 3.8) is 0 Å². The lowest BCUT2D eigenvalue weighted by atomic mass is 10.0. The Balaban J connectivity index is 1.60. The number of carbonyl (C=O) groups excluding carboxylic acids is 2. The number of amides is 2. The maximum absolute atomic E-state index is 13.8. The van der Waals surface area contributed by atoms with Gasteiger partial charge in [-0.2, -0.15) is 0 Å². The van der Waals surface area contributed by atoms with Crippen LogP contribution in [0.4, 0.5) is 5.69 Å². The highest BCUT2D eigenvalue weighted by Crippen LogP contribution is 2.34. The Hall–Kier alpha value is -3.05. The Labute approximate surface area is 198 Å². The predicted octanol–water partition coefficient (Wildman–Crippen LogP) is 5.87. The number of anilines is 1. The molecule has 1 fully saturated rings. The van der Waals surface area contributed by atoms with E-state index in [1.807, 2.05) is 18.2 Å². The molecule has 2 aromatic carbocycles. The topological polar surface area (TPSA) is 62.6 Å². The van der Waals surface area contributed by atoms with E-state index in [2.05, 4.69) is 17.4 Å². The first kappa shape index (κ1) is 21.8. The second-order valence-corrected chi connectivity index (χ2v) is 9.34. The largest absolute Gasteiger partial charge is 0.459 e. The molecule has 1 aromatic heterocycles. The molecule has 1 heterocycles. The van der Waals surface area contributed by atoms with Crippen LogP contribution < -0.4 is 10.2 Å². The summed E-state index contributed by atoms with van der Waals surface area (Å²) in [6, 6.07) is 15.8. The number of carbonyl (C=O) groups is 2. The van der Waals surface area contributed by atoms with E-state index in [0.717, 1.165) is 44.9 Å². The van der Waals surface area contributed by atoms with Gasteiger partial charge in [-0.05, 0) is 85.2 Å². The van der Waals surface area contributed by atoms with Crippen molar-refractivity contribution in [1.82, 2.24) is 5.32 Å². The number of halogens is 1. The summed E-state index contributed by atoms with van der Waals surface area (Å²) in [4.78, 5) is 29.1. The van der Waals surface area contributed by atoms with Crippen LogP contribution in [-0.4, -0.2) is 17.9 Å². The minimum atomic E-state index is -0.847. The lowest BCUT2D eigenvalue weighted by Gasteiger charge is -2.32. The molecule has 170 valence electrons. The zero-order chi connectivity index (χ0) is 22.8. The molecule has 0 aliphatic heterocycles. The van der Waals surface area contributed by atoms with E-state index >= 15 is 0 Å². The minimum absolute atomic E-state index is 0.132. The molecule has 0 unspecified atom stereocenters. The third kappa shape index (κ3) is 4.55. The monoisotopic (exact) mass is 462 g/mol. The van der Waals surface area contributed by atoms with Gasteiger partial charge in [0.25, 0.3) is 5.91 Å². The quantitative estimate of drug-likeness (QED) is 0.498. The first-order valence-electron chi connectivity index (χ1n) is 11.6. The average molecular weight is 463 g/mol. The van der Waals surface area contributed by atoms with E-state index in [1.165, 1.54) is 17.4 Å². The van der Waals surface area contributed by atoms with Crippen LogP contribution in [0.3, 0.4) is 0 Å². The molecule has 2 aliphatic carbocycles. The van der Waals surface area contributed by atoms with Crippen LogP contribution in [0.15, 0.2) is 65.3 Å². The Morgan fingerprint density at radius 1 is 0.970 bits per heavy atom. The van der Waals surface area contributed by atoms with Crippen molar-refractivity contribution >= 4 is 29.1 Å². The summed E-state index contributed by atoms with van der Waals surface area (Å²) in [7, 11) is 0. The Morgan fingerprint density at radius 2 is 1.73 bits per heavy atom. The second kappa shape index (κ2) is 9.44. The highest BCUT2D eigenvalue weighted by Gasteiger charge is 2.36. The van der Waals surface area contributed by atoms with Crippen molar-refractivity contribution in [1.29, 1.82) is 0 Å². The van der Waals surface area contributed by atoms with Gasteiger partial charge in [-0.3, -0.25) is 14.5 Å². The van der Waals surface area contributed by atoms with Gasteiger partial charge in [-0.25, -0.2) is 0 Å². The lowest BCUT2D eigenvalue weighted by Crippen LogP contribution is -2.46. The smallest absolute Gasteiger partial charge is 0.294 e. The summed E-state index contributed by atoms with van der Waals surface area (Å²) in [5.74, 6) is -0.341. The molecule has 33 heavy (non-hydrogen) atoms. The molecule has 1 N–H and O–H groups in total. The van der Waals surface area contributed by atoms with Gasteiger partial charge >= 0.3 is 0 Å². The molecule has 0 saturated heterocycles. The van der Waals surface area contributed by atoms with Gasteiger partial charge in [0.2, 0.25) is 5.91 Å².